The van der Waals surface area contributed by atoms with Crippen molar-refractivity contribution >= 4 is 61.1 Å². The van der Waals surface area contributed by atoms with Gasteiger partial charge in [0, 0.05) is 10.7 Å². The molecule has 0 fully saturated rings. The maximum Gasteiger partial charge on any atom is 0.333 e. The normalized spacial score (nSPS) is 15.5. The van der Waals surface area contributed by atoms with Crippen molar-refractivity contribution in [3.05, 3.63) is 57.6 Å². The number of hydrogen-bond donors (Lipinski definition) is 3. The Bertz CT molecular complexity index is 1410. The molecule has 1 aliphatic heterocycles. The smallest absolute Gasteiger partial charge is 0.333 e. The number of guanidine groups is 2. The van der Waals surface area contributed by atoms with Crippen molar-refractivity contribution in [3.63, 3.8) is 0 Å². The summed E-state index contributed by atoms with van der Waals surface area (Å²) in [5.74, 6) is 0.110. The van der Waals surface area contributed by atoms with E-state index in [1.165, 1.54) is 19.1 Å². The van der Waals surface area contributed by atoms with Gasteiger partial charge in [-0.1, -0.05) is 35.3 Å². The zero-order valence-electron chi connectivity index (χ0n) is 19.6. The molecule has 0 amide bonds. The van der Waals surface area contributed by atoms with E-state index in [9.17, 15) is 20.7 Å². The highest BCUT2D eigenvalue weighted by Crippen LogP contribution is 2.31. The van der Waals surface area contributed by atoms with Crippen molar-refractivity contribution in [2.45, 2.75) is 44.2 Å². The number of aryl methyl sites for hydroxylation is 2. The SMILES string of the molecule is CC1(C)N=C(N)N=C(N)N1c1ccc(CCc2ccc(Cl)c(S(=O)(=O)F)c2)c(Cl)c1.CCS(=O)(=O)O. The molecular formula is C21H26Cl2FN5O5S2. The summed E-state index contributed by atoms with van der Waals surface area (Å²) >= 11 is 12.2. The third kappa shape index (κ3) is 8.03. The molecule has 0 spiro atoms. The van der Waals surface area contributed by atoms with Crippen molar-refractivity contribution < 1.29 is 25.3 Å². The molecule has 3 rings (SSSR count). The Labute approximate surface area is 219 Å². The molecule has 0 saturated carbocycles. The molecule has 2 aromatic rings. The van der Waals surface area contributed by atoms with Crippen LogP contribution in [0.1, 0.15) is 31.9 Å². The van der Waals surface area contributed by atoms with Crippen LogP contribution < -0.4 is 16.4 Å². The van der Waals surface area contributed by atoms with E-state index in [-0.39, 0.29) is 22.7 Å². The number of anilines is 1. The van der Waals surface area contributed by atoms with E-state index in [2.05, 4.69) is 9.98 Å². The molecule has 2 aromatic carbocycles. The predicted molar refractivity (Wildman–Crippen MR) is 140 cm³/mol. The Balaban J connectivity index is 0.000000678. The topological polar surface area (TPSA) is 169 Å². The van der Waals surface area contributed by atoms with E-state index in [1.54, 1.807) is 17.0 Å². The van der Waals surface area contributed by atoms with Crippen LogP contribution in [-0.2, 0) is 33.2 Å². The summed E-state index contributed by atoms with van der Waals surface area (Å²) in [6.45, 7) is 5.07. The van der Waals surface area contributed by atoms with Gasteiger partial charge in [0.15, 0.2) is 0 Å². The molecule has 15 heteroatoms. The summed E-state index contributed by atoms with van der Waals surface area (Å²) in [6, 6.07) is 9.66. The van der Waals surface area contributed by atoms with Crippen molar-refractivity contribution in [1.82, 2.24) is 0 Å². The summed E-state index contributed by atoms with van der Waals surface area (Å²) in [5.41, 5.74) is 13.1. The van der Waals surface area contributed by atoms with Gasteiger partial charge < -0.3 is 11.5 Å². The number of hydrogen-bond acceptors (Lipinski definition) is 9. The highest BCUT2D eigenvalue weighted by Gasteiger charge is 2.33. The quantitative estimate of drug-likeness (QED) is 0.343. The van der Waals surface area contributed by atoms with Gasteiger partial charge in [0.2, 0.25) is 11.9 Å². The Morgan fingerprint density at radius 3 is 2.14 bits per heavy atom. The minimum absolute atomic E-state index is 0.106. The molecule has 0 radical (unpaired) electrons. The van der Waals surface area contributed by atoms with Gasteiger partial charge in [-0.05, 0) is 69.0 Å². The van der Waals surface area contributed by atoms with Crippen LogP contribution in [0, 0.1) is 0 Å². The Kier molecular flexibility index (Phi) is 9.35. The summed E-state index contributed by atoms with van der Waals surface area (Å²) in [7, 11) is -8.55. The lowest BCUT2D eigenvalue weighted by Crippen LogP contribution is -2.54. The van der Waals surface area contributed by atoms with Crippen LogP contribution in [0.15, 0.2) is 51.3 Å². The lowest BCUT2D eigenvalue weighted by molar-refractivity contribution is 0.484. The van der Waals surface area contributed by atoms with Crippen LogP contribution in [0.3, 0.4) is 0 Å². The van der Waals surface area contributed by atoms with Gasteiger partial charge in [-0.3, -0.25) is 9.45 Å². The Morgan fingerprint density at radius 2 is 1.64 bits per heavy atom. The van der Waals surface area contributed by atoms with E-state index in [4.69, 9.17) is 39.2 Å². The lowest BCUT2D eigenvalue weighted by Gasteiger charge is -2.38. The third-order valence-electron chi connectivity index (χ3n) is 4.99. The molecule has 0 unspecified atom stereocenters. The minimum Gasteiger partial charge on any atom is -0.369 e. The summed E-state index contributed by atoms with van der Waals surface area (Å²) < 4.78 is 62.7. The van der Waals surface area contributed by atoms with Gasteiger partial charge >= 0.3 is 10.2 Å². The third-order valence-corrected chi connectivity index (χ3v) is 7.38. The van der Waals surface area contributed by atoms with Crippen LogP contribution in [-0.4, -0.2) is 44.7 Å². The lowest BCUT2D eigenvalue weighted by atomic mass is 10.0. The second-order valence-corrected chi connectivity index (χ2v) is 12.0. The fraction of sp³-hybridized carbons (Fsp3) is 0.333. The number of benzene rings is 2. The first-order chi connectivity index (χ1) is 16.4. The zero-order valence-corrected chi connectivity index (χ0v) is 22.8. The molecule has 0 aromatic heterocycles. The first-order valence-electron chi connectivity index (χ1n) is 10.4. The second-order valence-electron chi connectivity index (χ2n) is 8.12. The minimum atomic E-state index is -4.89. The van der Waals surface area contributed by atoms with Gasteiger partial charge in [0.25, 0.3) is 10.1 Å². The maximum absolute atomic E-state index is 13.4. The van der Waals surface area contributed by atoms with Crippen molar-refractivity contribution in [2.24, 2.45) is 21.5 Å². The Morgan fingerprint density at radius 1 is 1.03 bits per heavy atom. The van der Waals surface area contributed by atoms with Crippen molar-refractivity contribution in [2.75, 3.05) is 10.7 Å². The Hall–Kier alpha value is -2.45. The highest BCUT2D eigenvalue weighted by atomic mass is 35.5. The van der Waals surface area contributed by atoms with Crippen LogP contribution in [0.2, 0.25) is 10.0 Å². The van der Waals surface area contributed by atoms with Gasteiger partial charge in [0.05, 0.1) is 10.8 Å². The van der Waals surface area contributed by atoms with Gasteiger partial charge in [-0.2, -0.15) is 21.8 Å². The van der Waals surface area contributed by atoms with E-state index in [0.717, 1.165) is 5.56 Å². The van der Waals surface area contributed by atoms with E-state index in [0.29, 0.717) is 29.1 Å². The maximum atomic E-state index is 13.4. The molecule has 0 atom stereocenters. The molecule has 1 aliphatic rings. The molecule has 10 nitrogen and oxygen atoms in total. The molecule has 0 saturated heterocycles. The zero-order chi connectivity index (χ0) is 27.5. The highest BCUT2D eigenvalue weighted by molar-refractivity contribution is 7.86. The van der Waals surface area contributed by atoms with Gasteiger partial charge in [0.1, 0.15) is 10.6 Å². The second kappa shape index (κ2) is 11.3. The average molecular weight is 583 g/mol. The number of nitrogens with two attached hydrogens (primary N) is 2. The predicted octanol–water partition coefficient (Wildman–Crippen LogP) is 3.52. The molecular weight excluding hydrogens is 556 g/mol. The molecule has 36 heavy (non-hydrogen) atoms. The van der Waals surface area contributed by atoms with Crippen LogP contribution in [0.25, 0.3) is 0 Å². The van der Waals surface area contributed by atoms with Crippen LogP contribution in [0.4, 0.5) is 9.57 Å². The van der Waals surface area contributed by atoms with E-state index < -0.39 is 30.9 Å². The van der Waals surface area contributed by atoms with Crippen molar-refractivity contribution in [3.8, 4) is 0 Å². The first-order valence-corrected chi connectivity index (χ1v) is 14.2. The monoisotopic (exact) mass is 581 g/mol. The number of aliphatic imine (C=N–C) groups is 2. The molecule has 198 valence electrons. The fourth-order valence-electron chi connectivity index (χ4n) is 3.30. The fourth-order valence-corrected chi connectivity index (χ4v) is 4.55. The number of rotatable bonds is 6. The first kappa shape index (κ1) is 29.8. The molecule has 0 aliphatic carbocycles. The van der Waals surface area contributed by atoms with Crippen LogP contribution >= 0.6 is 23.2 Å². The molecule has 1 heterocycles. The molecule has 0 bridgehead atoms. The van der Waals surface area contributed by atoms with Gasteiger partial charge in [-0.25, -0.2) is 4.99 Å². The summed E-state index contributed by atoms with van der Waals surface area (Å²) in [4.78, 5) is 9.50. The van der Waals surface area contributed by atoms with Crippen LogP contribution in [0.5, 0.6) is 0 Å². The summed E-state index contributed by atoms with van der Waals surface area (Å²) in [6.07, 6.45) is 0.947. The van der Waals surface area contributed by atoms with E-state index >= 15 is 0 Å². The van der Waals surface area contributed by atoms with E-state index in [1.807, 2.05) is 26.0 Å². The number of nitrogens with zero attached hydrogens (tertiary/aromatic N) is 3. The van der Waals surface area contributed by atoms with Crippen molar-refractivity contribution in [1.29, 1.82) is 0 Å². The van der Waals surface area contributed by atoms with Gasteiger partial charge in [-0.15, -0.1) is 3.89 Å². The standard InChI is InChI=1S/C19H20Cl2FN5O2S.C2H6O3S/c1-19(2)26-17(23)25-18(24)27(19)13-7-6-12(15(21)10-13)5-3-11-4-8-14(20)16(9-11)30(22,28)29;1-2-6(3,4)5/h4,6-10H,3,5H2,1-2H3,(H4,23,24,25,26);2H2,1H3,(H,3,4,5). The number of halogens is 3. The average Bonchev–Trinajstić information content (AvgIpc) is 2.72. The largest absolute Gasteiger partial charge is 0.369 e. The summed E-state index contributed by atoms with van der Waals surface area (Å²) in [5, 5.41) is 0.334. The molecule has 5 N–H and O–H groups in total.